The summed E-state index contributed by atoms with van der Waals surface area (Å²) in [5.41, 5.74) is 0.290. The largest absolute Gasteiger partial charge is 0.382 e. The zero-order chi connectivity index (χ0) is 15.7. The molecule has 22 heavy (non-hydrogen) atoms. The van der Waals surface area contributed by atoms with E-state index >= 15 is 0 Å². The lowest BCUT2D eigenvalue weighted by Gasteiger charge is -2.35. The van der Waals surface area contributed by atoms with Gasteiger partial charge in [-0.15, -0.1) is 0 Å². The van der Waals surface area contributed by atoms with E-state index in [2.05, 4.69) is 43.4 Å². The first-order valence-electron chi connectivity index (χ1n) is 8.24. The van der Waals surface area contributed by atoms with Gasteiger partial charge in [-0.05, 0) is 24.3 Å². The van der Waals surface area contributed by atoms with Crippen LogP contribution in [-0.2, 0) is 14.3 Å². The van der Waals surface area contributed by atoms with Crippen molar-refractivity contribution in [2.45, 2.75) is 43.7 Å². The molecule has 120 valence electrons. The van der Waals surface area contributed by atoms with E-state index in [1.165, 1.54) is 24.3 Å². The molecule has 1 aliphatic heterocycles. The first kappa shape index (κ1) is 15.9. The fourth-order valence-electron chi connectivity index (χ4n) is 4.15. The molecule has 0 unspecified atom stereocenters. The SMILES string of the molecule is COC[C@H]1O[C@H](C2CC2)[C@H](C=O)[C@H]1[Si](C)(C)c1ccccc1. The van der Waals surface area contributed by atoms with Crippen molar-refractivity contribution in [3.8, 4) is 0 Å². The molecule has 4 atom stereocenters. The summed E-state index contributed by atoms with van der Waals surface area (Å²) in [6, 6.07) is 10.7. The third kappa shape index (κ3) is 2.80. The van der Waals surface area contributed by atoms with Crippen molar-refractivity contribution in [1.29, 1.82) is 0 Å². The van der Waals surface area contributed by atoms with Gasteiger partial charge in [-0.3, -0.25) is 0 Å². The predicted molar refractivity (Wildman–Crippen MR) is 90.1 cm³/mol. The summed E-state index contributed by atoms with van der Waals surface area (Å²) in [4.78, 5) is 11.9. The summed E-state index contributed by atoms with van der Waals surface area (Å²) < 4.78 is 11.7. The molecule has 0 bridgehead atoms. The van der Waals surface area contributed by atoms with Gasteiger partial charge in [0, 0.05) is 13.0 Å². The van der Waals surface area contributed by atoms with E-state index in [1.807, 2.05) is 0 Å². The van der Waals surface area contributed by atoms with Crippen LogP contribution in [0, 0.1) is 11.8 Å². The summed E-state index contributed by atoms with van der Waals surface area (Å²) >= 11 is 0. The molecule has 0 radical (unpaired) electrons. The molecule has 1 aromatic carbocycles. The molecule has 2 fully saturated rings. The first-order valence-corrected chi connectivity index (χ1v) is 11.3. The second-order valence-corrected chi connectivity index (χ2v) is 11.9. The molecule has 1 saturated carbocycles. The molecule has 0 amide bonds. The molecule has 3 nitrogen and oxygen atoms in total. The van der Waals surface area contributed by atoms with Gasteiger partial charge in [0.25, 0.3) is 0 Å². The van der Waals surface area contributed by atoms with Crippen molar-refractivity contribution in [1.82, 2.24) is 0 Å². The van der Waals surface area contributed by atoms with Crippen LogP contribution in [0.25, 0.3) is 0 Å². The number of carbonyl (C=O) groups is 1. The van der Waals surface area contributed by atoms with Crippen LogP contribution in [0.2, 0.25) is 18.6 Å². The van der Waals surface area contributed by atoms with Crippen LogP contribution in [0.3, 0.4) is 0 Å². The van der Waals surface area contributed by atoms with Crippen molar-refractivity contribution in [2.75, 3.05) is 13.7 Å². The second kappa shape index (κ2) is 6.26. The third-order valence-electron chi connectivity index (χ3n) is 5.45. The van der Waals surface area contributed by atoms with Gasteiger partial charge in [-0.25, -0.2) is 0 Å². The van der Waals surface area contributed by atoms with Gasteiger partial charge < -0.3 is 14.3 Å². The molecule has 1 heterocycles. The zero-order valence-electron chi connectivity index (χ0n) is 13.7. The van der Waals surface area contributed by atoms with Crippen LogP contribution in [0.15, 0.2) is 30.3 Å². The minimum atomic E-state index is -1.83. The smallest absolute Gasteiger partial charge is 0.125 e. The highest BCUT2D eigenvalue weighted by Gasteiger charge is 2.55. The average molecular weight is 318 g/mol. The highest BCUT2D eigenvalue weighted by atomic mass is 28.3. The van der Waals surface area contributed by atoms with E-state index in [-0.39, 0.29) is 23.7 Å². The maximum atomic E-state index is 11.9. The summed E-state index contributed by atoms with van der Waals surface area (Å²) in [7, 11) is -0.107. The molecular formula is C18H26O3Si. The molecule has 1 aromatic rings. The zero-order valence-corrected chi connectivity index (χ0v) is 14.7. The van der Waals surface area contributed by atoms with Crippen LogP contribution in [0.5, 0.6) is 0 Å². The van der Waals surface area contributed by atoms with Crippen LogP contribution in [-0.4, -0.2) is 40.3 Å². The maximum Gasteiger partial charge on any atom is 0.125 e. The van der Waals surface area contributed by atoms with E-state index < -0.39 is 8.07 Å². The van der Waals surface area contributed by atoms with Crippen LogP contribution >= 0.6 is 0 Å². The number of hydrogen-bond donors (Lipinski definition) is 0. The van der Waals surface area contributed by atoms with Crippen molar-refractivity contribution in [3.63, 3.8) is 0 Å². The van der Waals surface area contributed by atoms with Gasteiger partial charge >= 0.3 is 0 Å². The highest BCUT2D eigenvalue weighted by molar-refractivity contribution is 6.91. The van der Waals surface area contributed by atoms with Crippen molar-refractivity contribution >= 4 is 19.5 Å². The molecule has 2 aliphatic rings. The Morgan fingerprint density at radius 3 is 2.50 bits per heavy atom. The van der Waals surface area contributed by atoms with Crippen molar-refractivity contribution in [3.05, 3.63) is 30.3 Å². The third-order valence-corrected chi connectivity index (χ3v) is 9.70. The Morgan fingerprint density at radius 1 is 1.27 bits per heavy atom. The quantitative estimate of drug-likeness (QED) is 0.597. The lowest BCUT2D eigenvalue weighted by Crippen LogP contribution is -2.51. The first-order chi connectivity index (χ1) is 10.6. The molecule has 0 N–H and O–H groups in total. The minimum Gasteiger partial charge on any atom is -0.382 e. The fourth-order valence-corrected chi connectivity index (χ4v) is 7.93. The van der Waals surface area contributed by atoms with Crippen LogP contribution in [0.1, 0.15) is 12.8 Å². The number of carbonyl (C=O) groups excluding carboxylic acids is 1. The number of aldehydes is 1. The van der Waals surface area contributed by atoms with E-state index in [1.54, 1.807) is 7.11 Å². The highest BCUT2D eigenvalue weighted by Crippen LogP contribution is 2.50. The van der Waals surface area contributed by atoms with Gasteiger partial charge in [-0.2, -0.15) is 0 Å². The Hall–Kier alpha value is -0.973. The van der Waals surface area contributed by atoms with Gasteiger partial charge in [-0.1, -0.05) is 48.6 Å². The summed E-state index contributed by atoms with van der Waals surface area (Å²) in [6.07, 6.45) is 3.73. The monoisotopic (exact) mass is 318 g/mol. The maximum absolute atomic E-state index is 11.9. The van der Waals surface area contributed by atoms with Gasteiger partial charge in [0.15, 0.2) is 0 Å². The summed E-state index contributed by atoms with van der Waals surface area (Å²) in [6.45, 7) is 5.32. The van der Waals surface area contributed by atoms with E-state index in [0.717, 1.165) is 0 Å². The van der Waals surface area contributed by atoms with Gasteiger partial charge in [0.05, 0.1) is 26.9 Å². The Balaban J connectivity index is 1.94. The Kier molecular flexibility index (Phi) is 4.53. The van der Waals surface area contributed by atoms with Crippen LogP contribution in [0.4, 0.5) is 0 Å². The lowest BCUT2D eigenvalue weighted by atomic mass is 9.97. The topological polar surface area (TPSA) is 35.5 Å². The average Bonchev–Trinajstić information content (AvgIpc) is 3.30. The fraction of sp³-hybridized carbons (Fsp3) is 0.611. The second-order valence-electron chi connectivity index (χ2n) is 7.26. The van der Waals surface area contributed by atoms with E-state index in [9.17, 15) is 4.79 Å². The normalized spacial score (nSPS) is 32.1. The van der Waals surface area contributed by atoms with E-state index in [4.69, 9.17) is 9.47 Å². The summed E-state index contributed by atoms with van der Waals surface area (Å²) in [5.74, 6) is 0.606. The predicted octanol–water partition coefficient (Wildman–Crippen LogP) is 2.61. The molecule has 1 aliphatic carbocycles. The summed E-state index contributed by atoms with van der Waals surface area (Å²) in [5, 5.41) is 1.40. The molecule has 4 heteroatoms. The van der Waals surface area contributed by atoms with Crippen molar-refractivity contribution < 1.29 is 14.3 Å². The molecule has 1 saturated heterocycles. The van der Waals surface area contributed by atoms with Crippen LogP contribution < -0.4 is 5.19 Å². The lowest BCUT2D eigenvalue weighted by molar-refractivity contribution is -0.113. The number of ether oxygens (including phenoxy) is 2. The Labute approximate surface area is 134 Å². The molecule has 0 aromatic heterocycles. The Bertz CT molecular complexity index is 512. The number of benzene rings is 1. The number of hydrogen-bond acceptors (Lipinski definition) is 3. The minimum absolute atomic E-state index is 0.0227. The Morgan fingerprint density at radius 2 is 1.95 bits per heavy atom. The molecule has 0 spiro atoms. The standard InChI is InChI=1S/C18H26O3Si/c1-20-12-16-18(15(11-19)17(21-16)13-9-10-13)22(2,3)14-7-5-4-6-8-14/h4-8,11,13,15-18H,9-10,12H2,1-3H3/t15-,16+,17+,18+/m0/s1. The van der Waals surface area contributed by atoms with E-state index in [0.29, 0.717) is 12.5 Å². The number of rotatable bonds is 6. The van der Waals surface area contributed by atoms with Crippen molar-refractivity contribution in [2.24, 2.45) is 11.8 Å². The number of methoxy groups -OCH3 is 1. The molecule has 3 rings (SSSR count). The van der Waals surface area contributed by atoms with Gasteiger partial charge in [0.1, 0.15) is 6.29 Å². The van der Waals surface area contributed by atoms with Gasteiger partial charge in [0.2, 0.25) is 0 Å². The molecular weight excluding hydrogens is 292 g/mol.